The Morgan fingerprint density at radius 1 is 1.27 bits per heavy atom. The predicted octanol–water partition coefficient (Wildman–Crippen LogP) is 1.24. The molecule has 134 valence electrons. The van der Waals surface area contributed by atoms with Gasteiger partial charge in [0.2, 0.25) is 5.91 Å². The lowest BCUT2D eigenvalue weighted by Crippen LogP contribution is -2.42. The Balaban J connectivity index is 1.53. The Kier molecular flexibility index (Phi) is 4.16. The van der Waals surface area contributed by atoms with Gasteiger partial charge in [-0.15, -0.1) is 0 Å². The molecule has 0 bridgehead atoms. The van der Waals surface area contributed by atoms with E-state index in [1.807, 2.05) is 24.3 Å². The Morgan fingerprint density at radius 2 is 2.15 bits per heavy atom. The van der Waals surface area contributed by atoms with Gasteiger partial charge in [-0.25, -0.2) is 10.4 Å². The van der Waals surface area contributed by atoms with E-state index in [0.29, 0.717) is 38.1 Å². The Hall–Kier alpha value is -3.16. The molecule has 0 fully saturated rings. The second kappa shape index (κ2) is 6.62. The van der Waals surface area contributed by atoms with Crippen LogP contribution in [0.2, 0.25) is 0 Å². The van der Waals surface area contributed by atoms with Crippen LogP contribution in [0.5, 0.6) is 5.75 Å². The largest absolute Gasteiger partial charge is 0.497 e. The number of H-pyrrole nitrogens is 1. The van der Waals surface area contributed by atoms with Crippen molar-refractivity contribution in [3.05, 3.63) is 35.7 Å². The maximum Gasteiger partial charge on any atom is 0.270 e. The average Bonchev–Trinajstić information content (AvgIpc) is 3.11. The number of fused-ring (bicyclic) bond motifs is 1. The van der Waals surface area contributed by atoms with Gasteiger partial charge in [0.05, 0.1) is 25.0 Å². The maximum absolute atomic E-state index is 12.6. The van der Waals surface area contributed by atoms with E-state index >= 15 is 0 Å². The number of nitrogens with zero attached hydrogens (tertiary/aromatic N) is 3. The van der Waals surface area contributed by atoms with Crippen LogP contribution in [-0.4, -0.2) is 46.0 Å². The van der Waals surface area contributed by atoms with Gasteiger partial charge in [0, 0.05) is 31.4 Å². The third-order valence-corrected chi connectivity index (χ3v) is 4.61. The summed E-state index contributed by atoms with van der Waals surface area (Å²) in [6.45, 7) is 1.04. The molecule has 1 aromatic heterocycles. The molecule has 2 aliphatic heterocycles. The first-order chi connectivity index (χ1) is 12.6. The van der Waals surface area contributed by atoms with Crippen molar-refractivity contribution in [1.82, 2.24) is 20.3 Å². The number of imidazole rings is 1. The normalized spacial score (nSPS) is 16.6. The zero-order valence-electron chi connectivity index (χ0n) is 14.4. The van der Waals surface area contributed by atoms with E-state index in [1.54, 1.807) is 12.0 Å². The number of hydrogen-bond acceptors (Lipinski definition) is 5. The Morgan fingerprint density at radius 3 is 2.92 bits per heavy atom. The molecular formula is C18H19N5O3. The smallest absolute Gasteiger partial charge is 0.270 e. The van der Waals surface area contributed by atoms with Gasteiger partial charge in [0.15, 0.2) is 0 Å². The third kappa shape index (κ3) is 3.05. The molecule has 3 heterocycles. The summed E-state index contributed by atoms with van der Waals surface area (Å²) in [7, 11) is 1.63. The molecule has 2 N–H and O–H groups in total. The molecule has 8 nitrogen and oxygen atoms in total. The van der Waals surface area contributed by atoms with Crippen LogP contribution in [0.4, 0.5) is 0 Å². The lowest BCUT2D eigenvalue weighted by molar-refractivity contribution is -0.125. The highest BCUT2D eigenvalue weighted by molar-refractivity contribution is 6.39. The van der Waals surface area contributed by atoms with Gasteiger partial charge in [-0.2, -0.15) is 5.10 Å². The number of aromatic nitrogens is 2. The van der Waals surface area contributed by atoms with Crippen LogP contribution in [-0.2, 0) is 22.6 Å². The number of carbonyl (C=O) groups is 2. The standard InChI is InChI=1S/C18H19N5O3/c1-26-12-4-2-3-11(9-12)17-19-13-7-8-23(10-15(13)20-17)18(25)14-5-6-16(24)22-21-14/h2-4,9H,5-8,10H2,1H3,(H,19,20)(H,22,24). The van der Waals surface area contributed by atoms with Crippen molar-refractivity contribution in [3.63, 3.8) is 0 Å². The van der Waals surface area contributed by atoms with Crippen LogP contribution in [0, 0.1) is 0 Å². The quantitative estimate of drug-likeness (QED) is 0.867. The van der Waals surface area contributed by atoms with Crippen molar-refractivity contribution in [2.75, 3.05) is 13.7 Å². The van der Waals surface area contributed by atoms with Crippen LogP contribution >= 0.6 is 0 Å². The molecule has 0 saturated heterocycles. The third-order valence-electron chi connectivity index (χ3n) is 4.61. The molecule has 2 aromatic rings. The fourth-order valence-corrected chi connectivity index (χ4v) is 3.19. The lowest BCUT2D eigenvalue weighted by Gasteiger charge is -2.27. The number of aromatic amines is 1. The van der Waals surface area contributed by atoms with Crippen LogP contribution in [0.3, 0.4) is 0 Å². The summed E-state index contributed by atoms with van der Waals surface area (Å²) in [6.07, 6.45) is 1.36. The minimum atomic E-state index is -0.154. The number of ether oxygens (including phenoxy) is 1. The van der Waals surface area contributed by atoms with Gasteiger partial charge in [0.1, 0.15) is 17.3 Å². The molecule has 8 heteroatoms. The second-order valence-corrected chi connectivity index (χ2v) is 6.31. The van der Waals surface area contributed by atoms with Gasteiger partial charge < -0.3 is 14.6 Å². The summed E-state index contributed by atoms with van der Waals surface area (Å²) >= 11 is 0. The van der Waals surface area contributed by atoms with Crippen molar-refractivity contribution in [1.29, 1.82) is 0 Å². The van der Waals surface area contributed by atoms with Crippen molar-refractivity contribution in [3.8, 4) is 17.1 Å². The second-order valence-electron chi connectivity index (χ2n) is 6.31. The molecule has 0 aliphatic carbocycles. The Labute approximate surface area is 150 Å². The lowest BCUT2D eigenvalue weighted by atomic mass is 10.1. The first-order valence-electron chi connectivity index (χ1n) is 8.51. The van der Waals surface area contributed by atoms with E-state index in [-0.39, 0.29) is 11.8 Å². The first-order valence-corrected chi connectivity index (χ1v) is 8.51. The zero-order chi connectivity index (χ0) is 18.1. The molecule has 2 amide bonds. The fourth-order valence-electron chi connectivity index (χ4n) is 3.19. The molecule has 0 spiro atoms. The van der Waals surface area contributed by atoms with Crippen LogP contribution in [0.15, 0.2) is 29.4 Å². The minimum Gasteiger partial charge on any atom is -0.497 e. The van der Waals surface area contributed by atoms with Crippen molar-refractivity contribution < 1.29 is 14.3 Å². The van der Waals surface area contributed by atoms with Crippen LogP contribution in [0.25, 0.3) is 11.4 Å². The topological polar surface area (TPSA) is 99.7 Å². The summed E-state index contributed by atoms with van der Waals surface area (Å²) in [5.74, 6) is 1.25. The molecule has 2 aliphatic rings. The van der Waals surface area contributed by atoms with Gasteiger partial charge in [-0.05, 0) is 12.1 Å². The van der Waals surface area contributed by atoms with Crippen molar-refractivity contribution >= 4 is 17.5 Å². The molecule has 4 rings (SSSR count). The van der Waals surface area contributed by atoms with E-state index in [4.69, 9.17) is 4.74 Å². The number of amides is 2. The van der Waals surface area contributed by atoms with Crippen LogP contribution in [0.1, 0.15) is 24.2 Å². The number of nitrogens with one attached hydrogen (secondary N) is 2. The molecule has 1 aromatic carbocycles. The first kappa shape index (κ1) is 16.3. The molecule has 0 saturated carbocycles. The summed E-state index contributed by atoms with van der Waals surface area (Å²) in [5, 5.41) is 3.90. The summed E-state index contributed by atoms with van der Waals surface area (Å²) in [6, 6.07) is 7.69. The fraction of sp³-hybridized carbons (Fsp3) is 0.333. The number of benzene rings is 1. The molecule has 0 radical (unpaired) electrons. The van der Waals surface area contributed by atoms with E-state index < -0.39 is 0 Å². The SMILES string of the molecule is COc1cccc(-c2nc3c([nH]2)CN(C(=O)C2=NNC(=O)CC2)CC3)c1. The van der Waals surface area contributed by atoms with E-state index in [9.17, 15) is 9.59 Å². The number of hydrogen-bond donors (Lipinski definition) is 2. The van der Waals surface area contributed by atoms with Crippen molar-refractivity contribution in [2.45, 2.75) is 25.8 Å². The average molecular weight is 353 g/mol. The van der Waals surface area contributed by atoms with E-state index in [1.165, 1.54) is 0 Å². The summed E-state index contributed by atoms with van der Waals surface area (Å²) < 4.78 is 5.26. The number of hydrazone groups is 1. The van der Waals surface area contributed by atoms with Gasteiger partial charge in [-0.1, -0.05) is 12.1 Å². The number of methoxy groups -OCH3 is 1. The highest BCUT2D eigenvalue weighted by atomic mass is 16.5. The minimum absolute atomic E-state index is 0.131. The zero-order valence-corrected chi connectivity index (χ0v) is 14.4. The monoisotopic (exact) mass is 353 g/mol. The van der Waals surface area contributed by atoms with Crippen molar-refractivity contribution in [2.24, 2.45) is 5.10 Å². The highest BCUT2D eigenvalue weighted by Crippen LogP contribution is 2.25. The Bertz CT molecular complexity index is 902. The predicted molar refractivity (Wildman–Crippen MR) is 94.5 cm³/mol. The molecule has 0 unspecified atom stereocenters. The number of carbonyl (C=O) groups excluding carboxylic acids is 2. The van der Waals surface area contributed by atoms with Gasteiger partial charge in [-0.3, -0.25) is 9.59 Å². The van der Waals surface area contributed by atoms with Gasteiger partial charge >= 0.3 is 0 Å². The number of rotatable bonds is 3. The van der Waals surface area contributed by atoms with E-state index in [2.05, 4.69) is 20.5 Å². The highest BCUT2D eigenvalue weighted by Gasteiger charge is 2.28. The molecule has 0 atom stereocenters. The van der Waals surface area contributed by atoms with Gasteiger partial charge in [0.25, 0.3) is 5.91 Å². The maximum atomic E-state index is 12.6. The van der Waals surface area contributed by atoms with E-state index in [0.717, 1.165) is 28.5 Å². The molecule has 26 heavy (non-hydrogen) atoms. The summed E-state index contributed by atoms with van der Waals surface area (Å²) in [5.41, 5.74) is 5.63. The van der Waals surface area contributed by atoms with Crippen LogP contribution < -0.4 is 10.2 Å². The molecular weight excluding hydrogens is 334 g/mol. The summed E-state index contributed by atoms with van der Waals surface area (Å²) in [4.78, 5) is 33.6.